The minimum absolute atomic E-state index is 0.000931. The number of rotatable bonds is 23. The number of ketones is 2. The Bertz CT molecular complexity index is 8350. The van der Waals surface area contributed by atoms with Gasteiger partial charge >= 0.3 is 0 Å². The minimum atomic E-state index is -0.607. The molecule has 6 aromatic heterocycles. The Morgan fingerprint density at radius 3 is 1.53 bits per heavy atom. The molecule has 46 heteroatoms. The molecule has 12 aromatic carbocycles. The number of aromatic nitrogens is 8. The number of ether oxygens (including phenoxy) is 2. The summed E-state index contributed by atoms with van der Waals surface area (Å²) in [5, 5.41) is 129. The van der Waals surface area contributed by atoms with Crippen LogP contribution in [0.15, 0.2) is 262 Å². The number of carbonyl (C=O) groups excluding carboxylic acids is 9. The number of benzene rings is 12. The lowest BCUT2D eigenvalue weighted by molar-refractivity contribution is -0.114. The molecule has 734 valence electrons. The zero-order valence-electron chi connectivity index (χ0n) is 78.4. The van der Waals surface area contributed by atoms with Crippen molar-refractivity contribution in [3.05, 3.63) is 273 Å². The standard InChI is InChI=1S/C22H18N6O3S.C22H15N3O3S.C21H16N4O3S.C19H19N5O4S.C16H14N6O3S2/c1-11-17(16-5-3-4-8-25-16)22(32-28-11)27-26-18-14-7-6-12(20(23)30)9-13(14)10-15(19(18)29)21(31)24-2;1-13-18(12-26)22(29-25-13)24-23-19-16-10-6-5-9-15(16)11-17(21(19)28)20(27)14-7-3-2-4-8-14;1-11(26)16-9-13-5-3-4-6-15(13)19(20(16)28)23-24-21-17-10-14(22-12(2)27)7-8-18(17)25-29-21;1-11-20-22-19(29-11)23-21-16-15-12(4-3-5-14(15)27-2)10-13(17(16)25)18(26)24-6-8-28-9-7-24;1-18-14(25)10-6-8-5-7(13(17)24)3-4-9(8)11(12(10)23)19-20-15-21-22-16(26-2)27-15/h3-10,29H,1-2H3,(H2,23,30)(H,24,31);2-12,28H,1H3;3-10,28H,1-2H3,(H,22,27);3-5,10,25H,6-9H2,1-2H3;3-6,23H,1-2H3,(H2,17,24)(H,18,25). The normalized spacial score (nSPS) is 11.9. The number of phenolic OH excluding ortho intramolecular Hbond substituents is 5. The second-order valence-electron chi connectivity index (χ2n) is 31.3. The number of fused-ring (bicyclic) bond motifs is 6. The van der Waals surface area contributed by atoms with Crippen LogP contribution >= 0.6 is 69.0 Å². The van der Waals surface area contributed by atoms with Crippen LogP contribution in [-0.2, 0) is 9.53 Å². The first-order valence-electron chi connectivity index (χ1n) is 43.6. The number of hydrogen-bond donors (Lipinski definition) is 10. The summed E-state index contributed by atoms with van der Waals surface area (Å²) in [6.45, 7) is 10.1. The van der Waals surface area contributed by atoms with E-state index in [9.17, 15) is 68.7 Å². The number of nitrogens with one attached hydrogen (secondary N) is 3. The van der Waals surface area contributed by atoms with Gasteiger partial charge in [-0.25, -0.2) is 0 Å². The van der Waals surface area contributed by atoms with E-state index in [1.807, 2.05) is 99.0 Å². The zero-order valence-corrected chi connectivity index (χ0v) is 83.3. The van der Waals surface area contributed by atoms with Gasteiger partial charge in [-0.15, -0.1) is 71.5 Å². The molecule has 0 spiro atoms. The van der Waals surface area contributed by atoms with Crippen molar-refractivity contribution in [2.75, 3.05) is 59.1 Å². The van der Waals surface area contributed by atoms with Crippen molar-refractivity contribution in [1.82, 2.24) is 54.0 Å². The van der Waals surface area contributed by atoms with Crippen molar-refractivity contribution in [2.24, 2.45) is 62.6 Å². The number of Topliss-reactive ketones (excluding diaryl/α,β-unsaturated/α-hetero) is 1. The van der Waals surface area contributed by atoms with Crippen LogP contribution in [0.5, 0.6) is 34.5 Å². The summed E-state index contributed by atoms with van der Waals surface area (Å²) < 4.78 is 24.3. The average molecular weight is 2070 g/mol. The number of aldehydes is 1. The molecule has 1 fully saturated rings. The Labute approximate surface area is 852 Å². The molecule has 1 aliphatic rings. The lowest BCUT2D eigenvalue weighted by atomic mass is 9.97. The molecule has 146 heavy (non-hydrogen) atoms. The predicted molar refractivity (Wildman–Crippen MR) is 558 cm³/mol. The largest absolute Gasteiger partial charge is 0.505 e. The topological polar surface area (TPSA) is 591 Å². The van der Waals surface area contributed by atoms with Gasteiger partial charge in [-0.3, -0.25) is 48.1 Å². The Morgan fingerprint density at radius 2 is 0.973 bits per heavy atom. The molecule has 18 aromatic rings. The number of hydrogen-bond acceptors (Lipinski definition) is 40. The SMILES string of the molecule is CC(=O)Nc1ccc2nsc(N=Nc3c(O)c(C(C)=O)cc4ccccc34)c2c1.CNC(=O)c1cc2cc(C(N)=O)ccc2c(N=Nc2nnc(SC)s2)c1O.CNC(=O)c1cc2cc(C(N)=O)ccc2c(N=Nc2snc(C)c2-c2ccccn2)c1O.COc1cccc2cc(C(=O)N3CCOCC3)c(O)c(N=Nc3nnc(C)s3)c12.Cc1nsc(N=Nc2c(O)c(C(=O)c3ccccc3)cc3ccccc23)c1C=O. The first kappa shape index (κ1) is 103. The number of carbonyl (C=O) groups is 9. The van der Waals surface area contributed by atoms with E-state index in [1.54, 1.807) is 109 Å². The molecule has 6 amide bonds. The molecule has 0 bridgehead atoms. The molecule has 19 rings (SSSR count). The van der Waals surface area contributed by atoms with E-state index >= 15 is 0 Å². The number of phenols is 5. The van der Waals surface area contributed by atoms with Gasteiger partial charge in [-0.05, 0) is 186 Å². The fraction of sp³-hybridized carbons (Fsp3) is 0.130. The Hall–Kier alpha value is -17.7. The summed E-state index contributed by atoms with van der Waals surface area (Å²) in [4.78, 5) is 114. The molecular formula is C100H82N24O16S6. The van der Waals surface area contributed by atoms with Gasteiger partial charge in [-0.2, -0.15) is 13.1 Å². The van der Waals surface area contributed by atoms with Crippen LogP contribution in [0.2, 0.25) is 0 Å². The van der Waals surface area contributed by atoms with E-state index in [1.165, 1.54) is 99.8 Å². The number of amides is 6. The molecule has 1 aliphatic heterocycles. The second-order valence-corrected chi connectivity index (χ2v) is 36.8. The first-order valence-corrected chi connectivity index (χ1v) is 48.8. The lowest BCUT2D eigenvalue weighted by Gasteiger charge is -2.27. The van der Waals surface area contributed by atoms with Gasteiger partial charge in [0.25, 0.3) is 28.0 Å². The summed E-state index contributed by atoms with van der Waals surface area (Å²) in [5.74, 6) is -4.08. The molecule has 0 saturated carbocycles. The molecule has 0 unspecified atom stereocenters. The van der Waals surface area contributed by atoms with E-state index < -0.39 is 23.6 Å². The maximum Gasteiger partial charge on any atom is 0.257 e. The summed E-state index contributed by atoms with van der Waals surface area (Å²) in [6, 6.07) is 56.8. The monoisotopic (exact) mass is 2070 g/mol. The third kappa shape index (κ3) is 23.1. The fourth-order valence-electron chi connectivity index (χ4n) is 14.9. The fourth-order valence-corrected chi connectivity index (χ4v) is 18.6. The lowest BCUT2D eigenvalue weighted by Crippen LogP contribution is -2.40. The van der Waals surface area contributed by atoms with Crippen LogP contribution in [0.3, 0.4) is 0 Å². The molecular weight excluding hydrogens is 1990 g/mol. The van der Waals surface area contributed by atoms with Crippen molar-refractivity contribution < 1.29 is 78.2 Å². The number of pyridine rings is 1. The molecule has 7 heterocycles. The maximum atomic E-state index is 13.0. The first-order chi connectivity index (χ1) is 70.5. The number of morpholine rings is 1. The molecule has 0 aliphatic carbocycles. The van der Waals surface area contributed by atoms with Crippen LogP contribution in [-0.4, -0.2) is 176 Å². The number of nitrogens with zero attached hydrogens (tertiary/aromatic N) is 19. The number of nitrogens with two attached hydrogens (primary N) is 2. The second kappa shape index (κ2) is 46.4. The van der Waals surface area contributed by atoms with Crippen molar-refractivity contribution in [1.29, 1.82) is 0 Å². The smallest absolute Gasteiger partial charge is 0.257 e. The molecule has 40 nitrogen and oxygen atoms in total. The molecule has 0 atom stereocenters. The van der Waals surface area contributed by atoms with E-state index in [4.69, 9.17) is 20.9 Å². The summed E-state index contributed by atoms with van der Waals surface area (Å²) in [6.07, 6.45) is 4.22. The molecule has 1 saturated heterocycles. The van der Waals surface area contributed by atoms with E-state index in [-0.39, 0.29) is 120 Å². The average Bonchev–Trinajstić information content (AvgIpc) is 1.05. The van der Waals surface area contributed by atoms with Crippen molar-refractivity contribution in [3.63, 3.8) is 0 Å². The van der Waals surface area contributed by atoms with Crippen LogP contribution in [0.1, 0.15) is 119 Å². The highest BCUT2D eigenvalue weighted by atomic mass is 32.2. The number of methoxy groups -OCH3 is 1. The van der Waals surface area contributed by atoms with E-state index in [2.05, 4.69) is 106 Å². The molecule has 0 radical (unpaired) electrons. The predicted octanol–water partition coefficient (Wildman–Crippen LogP) is 22.3. The highest BCUT2D eigenvalue weighted by Crippen LogP contribution is 2.49. The van der Waals surface area contributed by atoms with Gasteiger partial charge in [0.1, 0.15) is 39.2 Å². The van der Waals surface area contributed by atoms with Gasteiger partial charge in [0, 0.05) is 89.6 Å². The highest BCUT2D eigenvalue weighted by Gasteiger charge is 2.29. The van der Waals surface area contributed by atoms with E-state index in [0.717, 1.165) is 76.9 Å². The van der Waals surface area contributed by atoms with Gasteiger partial charge in [0.05, 0.1) is 87.3 Å². The number of aromatic hydroxyl groups is 5. The van der Waals surface area contributed by atoms with Crippen LogP contribution < -0.4 is 32.2 Å². The number of aryl methyl sites for hydroxylation is 3. The van der Waals surface area contributed by atoms with Gasteiger partial charge in [0.15, 0.2) is 65.9 Å². The summed E-state index contributed by atoms with van der Waals surface area (Å²) in [7, 11) is 4.43. The maximum absolute atomic E-state index is 13.0. The third-order valence-electron chi connectivity index (χ3n) is 22.0. The van der Waals surface area contributed by atoms with Crippen molar-refractivity contribution in [2.45, 2.75) is 39.0 Å². The number of thioether (sulfide) groups is 1. The zero-order chi connectivity index (χ0) is 104. The van der Waals surface area contributed by atoms with Crippen molar-refractivity contribution >= 4 is 246 Å². The van der Waals surface area contributed by atoms with Crippen molar-refractivity contribution in [3.8, 4) is 45.8 Å². The molecule has 12 N–H and O–H groups in total. The number of anilines is 1. The van der Waals surface area contributed by atoms with Gasteiger partial charge < -0.3 is 67.3 Å². The van der Waals surface area contributed by atoms with Gasteiger partial charge in [-0.1, -0.05) is 144 Å². The Balaban J connectivity index is 0.000000137. The highest BCUT2D eigenvalue weighted by molar-refractivity contribution is 8.00. The quantitative estimate of drug-likeness (QED) is 0.0123. The number of primary amides is 2. The minimum Gasteiger partial charge on any atom is -0.505 e. The van der Waals surface area contributed by atoms with Crippen LogP contribution in [0.25, 0.3) is 76.0 Å². The third-order valence-corrected chi connectivity index (χ3v) is 26.9. The number of azo groups is 5. The van der Waals surface area contributed by atoms with E-state index in [0.29, 0.717) is 135 Å². The van der Waals surface area contributed by atoms with Crippen LogP contribution in [0.4, 0.5) is 59.4 Å². The van der Waals surface area contributed by atoms with Gasteiger partial charge in [0.2, 0.25) is 17.7 Å². The Morgan fingerprint density at radius 1 is 0.473 bits per heavy atom. The summed E-state index contributed by atoms with van der Waals surface area (Å²) in [5.41, 5.74) is 17.4. The Kier molecular flexibility index (Phi) is 32.6. The summed E-state index contributed by atoms with van der Waals surface area (Å²) >= 11 is 7.31. The van der Waals surface area contributed by atoms with Crippen LogP contribution in [0, 0.1) is 20.8 Å².